The summed E-state index contributed by atoms with van der Waals surface area (Å²) in [5.74, 6) is -0.168. The average molecular weight is 287 g/mol. The van der Waals surface area contributed by atoms with Crippen molar-refractivity contribution < 1.29 is 4.79 Å². The number of hydrogen-bond acceptors (Lipinski definition) is 1. The molecule has 2 aromatic carbocycles. The molecule has 20 heavy (non-hydrogen) atoms. The molecule has 0 amide bonds. The summed E-state index contributed by atoms with van der Waals surface area (Å²) in [5.41, 5.74) is 4.81. The van der Waals surface area contributed by atoms with E-state index in [1.54, 1.807) is 0 Å². The van der Waals surface area contributed by atoms with Crippen LogP contribution in [-0.2, 0) is 17.6 Å². The lowest BCUT2D eigenvalue weighted by molar-refractivity contribution is -0.115. The van der Waals surface area contributed by atoms with Crippen molar-refractivity contribution in [3.05, 3.63) is 70.8 Å². The Balaban J connectivity index is 2.19. The van der Waals surface area contributed by atoms with Gasteiger partial charge in [0.2, 0.25) is 5.24 Å². The van der Waals surface area contributed by atoms with Crippen LogP contribution >= 0.6 is 11.6 Å². The van der Waals surface area contributed by atoms with Crippen molar-refractivity contribution in [1.82, 2.24) is 0 Å². The molecule has 0 aliphatic carbocycles. The van der Waals surface area contributed by atoms with Crippen LogP contribution in [0.4, 0.5) is 0 Å². The van der Waals surface area contributed by atoms with Gasteiger partial charge in [-0.15, -0.1) is 0 Å². The maximum absolute atomic E-state index is 11.7. The first kappa shape index (κ1) is 14.8. The molecule has 2 heteroatoms. The molecule has 0 aliphatic heterocycles. The fourth-order valence-corrected chi connectivity index (χ4v) is 2.60. The minimum atomic E-state index is -0.253. The number of rotatable bonds is 5. The average Bonchev–Trinajstić information content (AvgIpc) is 2.42. The molecule has 0 saturated carbocycles. The third-order valence-electron chi connectivity index (χ3n) is 3.78. The molecule has 0 atom stereocenters. The standard InChI is InChI=1S/C18H19ClO/c1-13-7-3-5-9-15(13)11-17(18(19)20)12-16-10-6-4-8-14(16)2/h3-10,17H,11-12H2,1-2H3. The predicted molar refractivity (Wildman–Crippen MR) is 84.1 cm³/mol. The fourth-order valence-electron chi connectivity index (χ4n) is 2.44. The summed E-state index contributed by atoms with van der Waals surface area (Å²) in [6.45, 7) is 4.14. The third-order valence-corrected chi connectivity index (χ3v) is 4.08. The van der Waals surface area contributed by atoms with E-state index in [1.165, 1.54) is 22.3 Å². The highest BCUT2D eigenvalue weighted by atomic mass is 35.5. The highest BCUT2D eigenvalue weighted by Gasteiger charge is 2.19. The maximum Gasteiger partial charge on any atom is 0.225 e. The van der Waals surface area contributed by atoms with Gasteiger partial charge in [-0.25, -0.2) is 0 Å². The molecule has 0 N–H and O–H groups in total. The van der Waals surface area contributed by atoms with E-state index in [4.69, 9.17) is 11.6 Å². The number of benzene rings is 2. The zero-order valence-corrected chi connectivity index (χ0v) is 12.7. The van der Waals surface area contributed by atoms with Gasteiger partial charge in [0.25, 0.3) is 0 Å². The van der Waals surface area contributed by atoms with Crippen molar-refractivity contribution in [3.63, 3.8) is 0 Å². The Morgan fingerprint density at radius 3 is 1.65 bits per heavy atom. The molecule has 2 rings (SSSR count). The molecule has 0 unspecified atom stereocenters. The first-order valence-electron chi connectivity index (χ1n) is 6.86. The SMILES string of the molecule is Cc1ccccc1CC(Cc1ccccc1C)C(=O)Cl. The van der Waals surface area contributed by atoms with Crippen molar-refractivity contribution in [2.75, 3.05) is 0 Å². The summed E-state index contributed by atoms with van der Waals surface area (Å²) in [5, 5.41) is -0.253. The zero-order valence-electron chi connectivity index (χ0n) is 11.9. The second-order valence-corrected chi connectivity index (χ2v) is 5.63. The van der Waals surface area contributed by atoms with Crippen LogP contribution in [0.2, 0.25) is 0 Å². The van der Waals surface area contributed by atoms with Crippen molar-refractivity contribution in [2.45, 2.75) is 26.7 Å². The van der Waals surface area contributed by atoms with Crippen LogP contribution in [0.15, 0.2) is 48.5 Å². The van der Waals surface area contributed by atoms with Gasteiger partial charge in [-0.05, 0) is 60.5 Å². The largest absolute Gasteiger partial charge is 0.281 e. The van der Waals surface area contributed by atoms with Gasteiger partial charge in [-0.1, -0.05) is 48.5 Å². The topological polar surface area (TPSA) is 17.1 Å². The number of aryl methyl sites for hydroxylation is 2. The molecule has 104 valence electrons. The Morgan fingerprint density at radius 2 is 1.30 bits per heavy atom. The summed E-state index contributed by atoms with van der Waals surface area (Å²) in [7, 11) is 0. The number of hydrogen-bond donors (Lipinski definition) is 0. The molecule has 0 heterocycles. The Morgan fingerprint density at radius 1 is 0.900 bits per heavy atom. The Bertz CT molecular complexity index is 556. The van der Waals surface area contributed by atoms with Crippen LogP contribution in [-0.4, -0.2) is 5.24 Å². The quantitative estimate of drug-likeness (QED) is 0.741. The van der Waals surface area contributed by atoms with Gasteiger partial charge >= 0.3 is 0 Å². The highest BCUT2D eigenvalue weighted by molar-refractivity contribution is 6.64. The summed E-state index contributed by atoms with van der Waals surface area (Å²) < 4.78 is 0. The molecule has 0 bridgehead atoms. The van der Waals surface area contributed by atoms with Crippen molar-refractivity contribution >= 4 is 16.8 Å². The maximum atomic E-state index is 11.7. The minimum Gasteiger partial charge on any atom is -0.281 e. The van der Waals surface area contributed by atoms with Gasteiger partial charge in [0.15, 0.2) is 0 Å². The van der Waals surface area contributed by atoms with E-state index in [-0.39, 0.29) is 11.2 Å². The monoisotopic (exact) mass is 286 g/mol. The molecule has 0 spiro atoms. The predicted octanol–water partition coefficient (Wildman–Crippen LogP) is 4.47. The van der Waals surface area contributed by atoms with Crippen LogP contribution in [0.25, 0.3) is 0 Å². The molecular formula is C18H19ClO. The van der Waals surface area contributed by atoms with Crippen LogP contribution in [0.5, 0.6) is 0 Å². The van der Waals surface area contributed by atoms with E-state index < -0.39 is 0 Å². The van der Waals surface area contributed by atoms with Crippen molar-refractivity contribution in [1.29, 1.82) is 0 Å². The van der Waals surface area contributed by atoms with Gasteiger partial charge in [0.05, 0.1) is 0 Å². The van der Waals surface area contributed by atoms with E-state index in [9.17, 15) is 4.79 Å². The molecular weight excluding hydrogens is 268 g/mol. The van der Waals surface area contributed by atoms with E-state index in [0.29, 0.717) is 12.8 Å². The molecule has 2 aromatic rings. The fraction of sp³-hybridized carbons (Fsp3) is 0.278. The van der Waals surface area contributed by atoms with Crippen molar-refractivity contribution in [3.8, 4) is 0 Å². The van der Waals surface area contributed by atoms with Crippen LogP contribution in [0.3, 0.4) is 0 Å². The van der Waals surface area contributed by atoms with E-state index >= 15 is 0 Å². The number of carbonyl (C=O) groups is 1. The van der Waals surface area contributed by atoms with Gasteiger partial charge < -0.3 is 0 Å². The first-order chi connectivity index (χ1) is 9.58. The number of carbonyl (C=O) groups excluding carboxylic acids is 1. The van der Waals surface area contributed by atoms with Crippen LogP contribution in [0, 0.1) is 19.8 Å². The lowest BCUT2D eigenvalue weighted by Crippen LogP contribution is -2.16. The van der Waals surface area contributed by atoms with E-state index in [1.807, 2.05) is 24.3 Å². The lowest BCUT2D eigenvalue weighted by Gasteiger charge is -2.15. The third kappa shape index (κ3) is 3.71. The molecule has 0 fully saturated rings. The highest BCUT2D eigenvalue weighted by Crippen LogP contribution is 2.21. The van der Waals surface area contributed by atoms with Gasteiger partial charge in [0.1, 0.15) is 0 Å². The summed E-state index contributed by atoms with van der Waals surface area (Å²) in [6, 6.07) is 16.3. The molecule has 0 saturated heterocycles. The minimum absolute atomic E-state index is 0.168. The Kier molecular flexibility index (Phi) is 4.97. The first-order valence-corrected chi connectivity index (χ1v) is 7.24. The normalized spacial score (nSPS) is 10.8. The molecule has 0 aliphatic rings. The van der Waals surface area contributed by atoms with Crippen LogP contribution < -0.4 is 0 Å². The van der Waals surface area contributed by atoms with Gasteiger partial charge in [-0.3, -0.25) is 4.79 Å². The molecule has 0 aromatic heterocycles. The Labute approximate surface area is 125 Å². The Hall–Kier alpha value is -1.60. The summed E-state index contributed by atoms with van der Waals surface area (Å²) in [4.78, 5) is 11.7. The molecule has 0 radical (unpaired) electrons. The second kappa shape index (κ2) is 6.71. The van der Waals surface area contributed by atoms with Crippen molar-refractivity contribution in [2.24, 2.45) is 5.92 Å². The van der Waals surface area contributed by atoms with E-state index in [2.05, 4.69) is 38.1 Å². The number of halogens is 1. The van der Waals surface area contributed by atoms with Gasteiger partial charge in [-0.2, -0.15) is 0 Å². The summed E-state index contributed by atoms with van der Waals surface area (Å²) >= 11 is 5.81. The lowest BCUT2D eigenvalue weighted by atomic mass is 9.90. The second-order valence-electron chi connectivity index (χ2n) is 5.26. The zero-order chi connectivity index (χ0) is 14.5. The van der Waals surface area contributed by atoms with E-state index in [0.717, 1.165) is 0 Å². The summed E-state index contributed by atoms with van der Waals surface area (Å²) in [6.07, 6.45) is 1.40. The van der Waals surface area contributed by atoms with Gasteiger partial charge in [0, 0.05) is 5.92 Å². The smallest absolute Gasteiger partial charge is 0.225 e. The molecule has 1 nitrogen and oxygen atoms in total. The van der Waals surface area contributed by atoms with Crippen LogP contribution in [0.1, 0.15) is 22.3 Å².